The minimum absolute atomic E-state index is 0.0278. The third-order valence-corrected chi connectivity index (χ3v) is 12.0. The van der Waals surface area contributed by atoms with Crippen molar-refractivity contribution in [2.75, 3.05) is 20.1 Å². The summed E-state index contributed by atoms with van der Waals surface area (Å²) >= 11 is 1.15. The molecule has 1 aliphatic carbocycles. The van der Waals surface area contributed by atoms with Gasteiger partial charge in [-0.25, -0.2) is 9.37 Å². The van der Waals surface area contributed by atoms with Gasteiger partial charge in [-0.1, -0.05) is 66.5 Å². The molecule has 1 saturated carbocycles. The molecule has 4 rings (SSSR count). The molecule has 52 heavy (non-hydrogen) atoms. The first kappa shape index (κ1) is 41.3. The Morgan fingerprint density at radius 3 is 2.40 bits per heavy atom. The molecule has 0 radical (unpaired) electrons. The number of carboxylic acid groups (broad SMARTS) is 1. The highest BCUT2D eigenvalue weighted by Crippen LogP contribution is 2.55. The Labute approximate surface area is 311 Å². The van der Waals surface area contributed by atoms with Crippen LogP contribution < -0.4 is 10.6 Å². The van der Waals surface area contributed by atoms with Gasteiger partial charge in [0.1, 0.15) is 28.7 Å². The summed E-state index contributed by atoms with van der Waals surface area (Å²) in [6.07, 6.45) is 4.01. The van der Waals surface area contributed by atoms with Gasteiger partial charge in [0, 0.05) is 35.8 Å². The maximum Gasteiger partial charge on any atom is 0.306 e. The summed E-state index contributed by atoms with van der Waals surface area (Å²) in [4.78, 5) is 61.6. The second-order valence-electron chi connectivity index (χ2n) is 15.4. The molecule has 1 aromatic heterocycles. The van der Waals surface area contributed by atoms with E-state index in [0.29, 0.717) is 30.8 Å². The van der Waals surface area contributed by atoms with Crippen molar-refractivity contribution in [3.8, 4) is 0 Å². The van der Waals surface area contributed by atoms with Crippen molar-refractivity contribution in [3.05, 3.63) is 51.7 Å². The summed E-state index contributed by atoms with van der Waals surface area (Å²) < 4.78 is 13.6. The van der Waals surface area contributed by atoms with E-state index in [0.717, 1.165) is 42.7 Å². The highest BCUT2D eigenvalue weighted by Gasteiger charge is 2.57. The minimum atomic E-state index is -1.06. The molecule has 2 heterocycles. The number of piperidine rings is 1. The fraction of sp³-hybridized carbons (Fsp3) is 0.667. The monoisotopic (exact) mass is 743 g/mol. The number of thiazole rings is 1. The molecule has 2 aromatic rings. The number of hydrogen-bond donors (Lipinski definition) is 4. The fourth-order valence-electron chi connectivity index (χ4n) is 7.61. The van der Waals surface area contributed by atoms with Gasteiger partial charge in [0.05, 0.1) is 12.0 Å². The van der Waals surface area contributed by atoms with Gasteiger partial charge in [-0.3, -0.25) is 24.1 Å². The zero-order chi connectivity index (χ0) is 38.3. The number of aliphatic carboxylic acids is 1. The molecule has 4 N–H and O–H groups in total. The summed E-state index contributed by atoms with van der Waals surface area (Å²) in [6.45, 7) is 12.9. The lowest BCUT2D eigenvalue weighted by molar-refractivity contribution is -0.143. The van der Waals surface area contributed by atoms with Crippen LogP contribution in [0.15, 0.2) is 29.6 Å². The number of halogens is 1. The molecule has 1 saturated heterocycles. The van der Waals surface area contributed by atoms with Gasteiger partial charge < -0.3 is 25.7 Å². The molecule has 13 heteroatoms. The average Bonchev–Trinajstić information content (AvgIpc) is 3.55. The predicted octanol–water partition coefficient (Wildman–Crippen LogP) is 5.75. The van der Waals surface area contributed by atoms with Crippen molar-refractivity contribution >= 4 is 35.0 Å². The molecule has 8 atom stereocenters. The van der Waals surface area contributed by atoms with E-state index in [2.05, 4.69) is 20.5 Å². The van der Waals surface area contributed by atoms with E-state index in [4.69, 9.17) is 0 Å². The summed E-state index contributed by atoms with van der Waals surface area (Å²) in [5, 5.41) is 29.2. The minimum Gasteiger partial charge on any atom is -0.481 e. The van der Waals surface area contributed by atoms with Crippen LogP contribution in [0.1, 0.15) is 126 Å². The number of amides is 3. The quantitative estimate of drug-likeness (QED) is 0.151. The summed E-state index contributed by atoms with van der Waals surface area (Å²) in [5.74, 6) is -3.13. The van der Waals surface area contributed by atoms with E-state index < -0.39 is 35.5 Å². The number of aliphatic hydroxyl groups excluding tert-OH is 1. The maximum absolute atomic E-state index is 14.4. The van der Waals surface area contributed by atoms with Gasteiger partial charge in [-0.05, 0) is 75.2 Å². The van der Waals surface area contributed by atoms with E-state index >= 15 is 0 Å². The van der Waals surface area contributed by atoms with Gasteiger partial charge in [0.2, 0.25) is 11.8 Å². The van der Waals surface area contributed by atoms with Crippen LogP contribution in [0.4, 0.5) is 4.39 Å². The van der Waals surface area contributed by atoms with Crippen LogP contribution in [0.25, 0.3) is 0 Å². The summed E-state index contributed by atoms with van der Waals surface area (Å²) in [7, 11) is 1.95. The van der Waals surface area contributed by atoms with Crippen LogP contribution in [-0.4, -0.2) is 92.5 Å². The van der Waals surface area contributed by atoms with Gasteiger partial charge in [0.25, 0.3) is 5.91 Å². The number of nitrogens with zero attached hydrogens (tertiary/aromatic N) is 3. The standard InChI is InChI=1S/C39H58FN5O6S/c1-8-17-45(37(49)33(24(5)9-2)42-35(48)30-12-10-11-18-44(30)7)31(23(3)4)19-32(46)36-41-29(22-52-36)34(47)43-39(20-25(6)38(50)51)21-28(39)26-13-15-27(40)16-14-26/h13-16,22-25,28,30-33,46H,8-12,17-21H2,1-7H3,(H,42,48)(H,43,47)(H,50,51)/t24?,25-,28?,30?,31?,32+,33-,39?/m0/s1. The summed E-state index contributed by atoms with van der Waals surface area (Å²) in [5.41, 5.74) is 0.101. The Bertz CT molecular complexity index is 1540. The van der Waals surface area contributed by atoms with Crippen LogP contribution in [0.5, 0.6) is 0 Å². The number of benzene rings is 1. The molecule has 288 valence electrons. The first-order valence-corrected chi connectivity index (χ1v) is 19.8. The van der Waals surface area contributed by atoms with E-state index in [9.17, 15) is 33.8 Å². The molecule has 2 aliphatic rings. The first-order chi connectivity index (χ1) is 24.6. The van der Waals surface area contributed by atoms with E-state index in [1.807, 2.05) is 46.6 Å². The molecule has 0 spiro atoms. The topological polar surface area (TPSA) is 152 Å². The van der Waals surface area contributed by atoms with Crippen molar-refractivity contribution in [1.29, 1.82) is 0 Å². The molecule has 5 unspecified atom stereocenters. The maximum atomic E-state index is 14.4. The van der Waals surface area contributed by atoms with Crippen LogP contribution in [0.3, 0.4) is 0 Å². The number of carbonyl (C=O) groups excluding carboxylic acids is 3. The SMILES string of the molecule is CCCN(C(=O)[C@@H](NC(=O)C1CCCCN1C)C(C)CC)C(C[C@@H](O)c1nc(C(=O)NC2(C[C@H](C)C(=O)O)CC2c2ccc(F)cc2)cs1)C(C)C. The smallest absolute Gasteiger partial charge is 0.306 e. The number of likely N-dealkylation sites (N-methyl/N-ethyl adjacent to an activating group) is 1. The molecule has 1 aliphatic heterocycles. The molecule has 1 aromatic carbocycles. The lowest BCUT2D eigenvalue weighted by atomic mass is 9.92. The van der Waals surface area contributed by atoms with Crippen molar-refractivity contribution in [2.45, 2.75) is 129 Å². The zero-order valence-corrected chi connectivity index (χ0v) is 32.5. The van der Waals surface area contributed by atoms with Gasteiger partial charge >= 0.3 is 5.97 Å². The Morgan fingerprint density at radius 1 is 1.12 bits per heavy atom. The lowest BCUT2D eigenvalue weighted by Gasteiger charge is -2.39. The van der Waals surface area contributed by atoms with Crippen molar-refractivity contribution in [2.24, 2.45) is 17.8 Å². The molecule has 3 amide bonds. The first-order valence-electron chi connectivity index (χ1n) is 18.9. The number of likely N-dealkylation sites (tertiary alicyclic amines) is 1. The molecule has 2 fully saturated rings. The Balaban J connectivity index is 1.50. The molecular formula is C39H58FN5O6S. The number of aliphatic hydroxyl groups is 1. The molecular weight excluding hydrogens is 686 g/mol. The van der Waals surface area contributed by atoms with Crippen LogP contribution in [-0.2, 0) is 14.4 Å². The number of rotatable bonds is 18. The third-order valence-electron chi connectivity index (χ3n) is 11.1. The van der Waals surface area contributed by atoms with Crippen molar-refractivity contribution in [3.63, 3.8) is 0 Å². The molecule has 11 nitrogen and oxygen atoms in total. The second-order valence-corrected chi connectivity index (χ2v) is 16.3. The van der Waals surface area contributed by atoms with E-state index in [-0.39, 0.29) is 66.0 Å². The van der Waals surface area contributed by atoms with Crippen LogP contribution >= 0.6 is 11.3 Å². The third kappa shape index (κ3) is 9.96. The number of hydrogen-bond acceptors (Lipinski definition) is 8. The Hall–Kier alpha value is -3.42. The van der Waals surface area contributed by atoms with Gasteiger partial charge in [0.15, 0.2) is 0 Å². The Kier molecular flexibility index (Phi) is 14.4. The number of carbonyl (C=O) groups is 4. The fourth-order valence-corrected chi connectivity index (χ4v) is 8.40. The average molecular weight is 744 g/mol. The number of nitrogens with one attached hydrogen (secondary N) is 2. The number of aromatic nitrogens is 1. The van der Waals surface area contributed by atoms with Crippen molar-refractivity contribution in [1.82, 2.24) is 25.4 Å². The lowest BCUT2D eigenvalue weighted by Crippen LogP contribution is -2.58. The van der Waals surface area contributed by atoms with E-state index in [1.165, 1.54) is 12.1 Å². The Morgan fingerprint density at radius 2 is 1.81 bits per heavy atom. The van der Waals surface area contributed by atoms with Crippen molar-refractivity contribution < 1.29 is 33.8 Å². The van der Waals surface area contributed by atoms with Gasteiger partial charge in [-0.2, -0.15) is 0 Å². The van der Waals surface area contributed by atoms with Gasteiger partial charge in [-0.15, -0.1) is 11.3 Å². The highest BCUT2D eigenvalue weighted by molar-refractivity contribution is 7.09. The zero-order valence-electron chi connectivity index (χ0n) is 31.7. The largest absolute Gasteiger partial charge is 0.481 e. The second kappa shape index (κ2) is 18.1. The highest BCUT2D eigenvalue weighted by atomic mass is 32.1. The normalized spacial score (nSPS) is 23.3. The molecule has 0 bridgehead atoms. The predicted molar refractivity (Wildman–Crippen MR) is 199 cm³/mol. The van der Waals surface area contributed by atoms with Crippen LogP contribution in [0, 0.1) is 23.6 Å². The van der Waals surface area contributed by atoms with Crippen LogP contribution in [0.2, 0.25) is 0 Å². The van der Waals surface area contributed by atoms with E-state index in [1.54, 1.807) is 24.4 Å². The number of carboxylic acids is 1. The summed E-state index contributed by atoms with van der Waals surface area (Å²) in [6, 6.07) is 4.68.